The van der Waals surface area contributed by atoms with Crippen molar-refractivity contribution in [1.29, 1.82) is 0 Å². The Bertz CT molecular complexity index is 1590. The first-order valence-corrected chi connectivity index (χ1v) is 15.6. The molecule has 5 aromatic carbocycles. The van der Waals surface area contributed by atoms with Crippen molar-refractivity contribution in [3.8, 4) is 33.8 Å². The largest absolute Gasteiger partial charge is 0.453 e. The highest BCUT2D eigenvalue weighted by atomic mass is 16.5. The summed E-state index contributed by atoms with van der Waals surface area (Å²) in [5, 5.41) is 0. The van der Waals surface area contributed by atoms with Crippen molar-refractivity contribution in [1.82, 2.24) is 0 Å². The number of fused-ring (bicyclic) bond motifs is 2. The molecule has 0 saturated heterocycles. The average Bonchev–Trinajstić information content (AvgIpc) is 3.00. The number of unbranched alkanes of at least 4 members (excludes halogenated alkanes) is 2. The van der Waals surface area contributed by atoms with E-state index in [1.54, 1.807) is 0 Å². The molecule has 2 heteroatoms. The van der Waals surface area contributed by atoms with Crippen molar-refractivity contribution in [3.63, 3.8) is 0 Å². The Balaban J connectivity index is 1.57. The number of hydrogen-bond donors (Lipinski definition) is 0. The molecule has 0 amide bonds. The van der Waals surface area contributed by atoms with Gasteiger partial charge in [-0.2, -0.15) is 0 Å². The van der Waals surface area contributed by atoms with E-state index in [1.165, 1.54) is 70.2 Å². The first kappa shape index (κ1) is 27.8. The van der Waals surface area contributed by atoms with E-state index in [0.717, 1.165) is 41.4 Å². The van der Waals surface area contributed by atoms with Gasteiger partial charge in [0.15, 0.2) is 11.5 Å². The van der Waals surface area contributed by atoms with Gasteiger partial charge in [0.05, 0.1) is 11.4 Å². The SMILES string of the molecule is CCCCc1cc(C)cc(-c2cc(-c3cc(C)cc(CCCC)c3)cc(N3c4ccccc4Oc4ccccc43)c2)c1. The second-order valence-electron chi connectivity index (χ2n) is 11.8. The molecular formula is C40H41NO. The molecule has 0 aromatic heterocycles. The van der Waals surface area contributed by atoms with Gasteiger partial charge >= 0.3 is 0 Å². The molecule has 0 bridgehead atoms. The van der Waals surface area contributed by atoms with E-state index in [1.807, 2.05) is 12.1 Å². The molecule has 0 spiro atoms. The summed E-state index contributed by atoms with van der Waals surface area (Å²) in [6, 6.07) is 38.0. The lowest BCUT2D eigenvalue weighted by Gasteiger charge is -2.33. The normalized spacial score (nSPS) is 12.0. The standard InChI is InChI=1S/C40H41NO/c1-5-7-13-30-19-28(3)21-32(23-30)34-25-35(33-22-29(4)20-31(24-33)14-8-6-2)27-36(26-34)41-37-15-9-11-17-39(37)42-40-18-12-10-16-38(40)41/h9-12,15-27H,5-8,13-14H2,1-4H3. The minimum Gasteiger partial charge on any atom is -0.453 e. The lowest BCUT2D eigenvalue weighted by molar-refractivity contribution is 0.477. The summed E-state index contributed by atoms with van der Waals surface area (Å²) >= 11 is 0. The molecule has 6 rings (SSSR count). The predicted molar refractivity (Wildman–Crippen MR) is 179 cm³/mol. The van der Waals surface area contributed by atoms with Gasteiger partial charge in [0, 0.05) is 5.69 Å². The number of anilines is 3. The highest BCUT2D eigenvalue weighted by Crippen LogP contribution is 2.51. The van der Waals surface area contributed by atoms with Crippen LogP contribution in [-0.4, -0.2) is 0 Å². The van der Waals surface area contributed by atoms with Gasteiger partial charge in [-0.3, -0.25) is 0 Å². The summed E-state index contributed by atoms with van der Waals surface area (Å²) in [5.74, 6) is 1.75. The summed E-state index contributed by atoms with van der Waals surface area (Å²) in [7, 11) is 0. The van der Waals surface area contributed by atoms with Crippen LogP contribution in [-0.2, 0) is 12.8 Å². The average molecular weight is 552 g/mol. The first-order chi connectivity index (χ1) is 20.5. The molecule has 42 heavy (non-hydrogen) atoms. The summed E-state index contributed by atoms with van der Waals surface area (Å²) in [5.41, 5.74) is 13.7. The number of ether oxygens (including phenoxy) is 1. The molecule has 0 N–H and O–H groups in total. The van der Waals surface area contributed by atoms with Gasteiger partial charge in [-0.25, -0.2) is 0 Å². The Morgan fingerprint density at radius 1 is 0.524 bits per heavy atom. The van der Waals surface area contributed by atoms with Gasteiger partial charge in [-0.05, 0) is 115 Å². The number of hydrogen-bond acceptors (Lipinski definition) is 2. The van der Waals surface area contributed by atoms with Crippen LogP contribution < -0.4 is 9.64 Å². The summed E-state index contributed by atoms with van der Waals surface area (Å²) in [6.45, 7) is 8.97. The van der Waals surface area contributed by atoms with Crippen molar-refractivity contribution in [3.05, 3.63) is 125 Å². The lowest BCUT2D eigenvalue weighted by atomic mass is 9.92. The fourth-order valence-corrected chi connectivity index (χ4v) is 6.17. The third kappa shape index (κ3) is 5.85. The van der Waals surface area contributed by atoms with Crippen LogP contribution >= 0.6 is 0 Å². The van der Waals surface area contributed by atoms with E-state index in [2.05, 4.69) is 124 Å². The Hall–Kier alpha value is -4.30. The smallest absolute Gasteiger partial charge is 0.151 e. The van der Waals surface area contributed by atoms with Crippen LogP contribution in [0.3, 0.4) is 0 Å². The fourth-order valence-electron chi connectivity index (χ4n) is 6.17. The van der Waals surface area contributed by atoms with E-state index in [-0.39, 0.29) is 0 Å². The molecule has 1 aliphatic heterocycles. The van der Waals surface area contributed by atoms with E-state index in [4.69, 9.17) is 4.74 Å². The molecule has 0 saturated carbocycles. The lowest BCUT2D eigenvalue weighted by Crippen LogP contribution is -2.15. The van der Waals surface area contributed by atoms with Crippen LogP contribution in [0.1, 0.15) is 61.8 Å². The molecule has 5 aromatic rings. The van der Waals surface area contributed by atoms with E-state index < -0.39 is 0 Å². The number of rotatable bonds is 9. The fraction of sp³-hybridized carbons (Fsp3) is 0.250. The van der Waals surface area contributed by atoms with Crippen LogP contribution in [0.5, 0.6) is 11.5 Å². The number of aryl methyl sites for hydroxylation is 4. The first-order valence-electron chi connectivity index (χ1n) is 15.6. The van der Waals surface area contributed by atoms with Crippen LogP contribution in [0, 0.1) is 13.8 Å². The quantitative estimate of drug-likeness (QED) is 0.177. The van der Waals surface area contributed by atoms with Gasteiger partial charge in [-0.15, -0.1) is 0 Å². The maximum atomic E-state index is 6.36. The molecule has 1 aliphatic rings. The van der Waals surface area contributed by atoms with Crippen LogP contribution in [0.2, 0.25) is 0 Å². The van der Waals surface area contributed by atoms with Crippen LogP contribution in [0.15, 0.2) is 103 Å². The van der Waals surface area contributed by atoms with E-state index in [9.17, 15) is 0 Å². The van der Waals surface area contributed by atoms with Crippen LogP contribution in [0.4, 0.5) is 17.1 Å². The molecular weight excluding hydrogens is 510 g/mol. The van der Waals surface area contributed by atoms with Crippen LogP contribution in [0.25, 0.3) is 22.3 Å². The van der Waals surface area contributed by atoms with Gasteiger partial charge in [-0.1, -0.05) is 98.5 Å². The van der Waals surface area contributed by atoms with Crippen molar-refractivity contribution < 1.29 is 4.74 Å². The minimum atomic E-state index is 0.873. The van der Waals surface area contributed by atoms with Gasteiger partial charge < -0.3 is 9.64 Å². The molecule has 2 nitrogen and oxygen atoms in total. The van der Waals surface area contributed by atoms with Gasteiger partial charge in [0.25, 0.3) is 0 Å². The Morgan fingerprint density at radius 3 is 1.45 bits per heavy atom. The molecule has 0 radical (unpaired) electrons. The van der Waals surface area contributed by atoms with E-state index >= 15 is 0 Å². The number of nitrogens with zero attached hydrogens (tertiary/aromatic N) is 1. The van der Waals surface area contributed by atoms with Crippen molar-refractivity contribution in [2.75, 3.05) is 4.90 Å². The van der Waals surface area contributed by atoms with E-state index in [0.29, 0.717) is 0 Å². The second-order valence-corrected chi connectivity index (χ2v) is 11.8. The summed E-state index contributed by atoms with van der Waals surface area (Å²) < 4.78 is 6.36. The highest BCUT2D eigenvalue weighted by molar-refractivity contribution is 5.90. The summed E-state index contributed by atoms with van der Waals surface area (Å²) in [4.78, 5) is 2.36. The Labute approximate surface area is 251 Å². The molecule has 1 heterocycles. The topological polar surface area (TPSA) is 12.5 Å². The third-order valence-corrected chi connectivity index (χ3v) is 8.19. The predicted octanol–water partition coefficient (Wildman–Crippen LogP) is 11.9. The van der Waals surface area contributed by atoms with Gasteiger partial charge in [0.2, 0.25) is 0 Å². The van der Waals surface area contributed by atoms with Crippen molar-refractivity contribution in [2.24, 2.45) is 0 Å². The zero-order valence-electron chi connectivity index (χ0n) is 25.4. The summed E-state index contributed by atoms with van der Waals surface area (Å²) in [6.07, 6.45) is 7.04. The monoisotopic (exact) mass is 551 g/mol. The maximum absolute atomic E-state index is 6.36. The zero-order chi connectivity index (χ0) is 29.1. The number of benzene rings is 5. The molecule has 0 fully saturated rings. The maximum Gasteiger partial charge on any atom is 0.151 e. The molecule has 212 valence electrons. The Kier molecular flexibility index (Phi) is 8.15. The zero-order valence-corrected chi connectivity index (χ0v) is 25.4. The third-order valence-electron chi connectivity index (χ3n) is 8.19. The Morgan fingerprint density at radius 2 is 0.976 bits per heavy atom. The molecule has 0 atom stereocenters. The molecule has 0 unspecified atom stereocenters. The highest BCUT2D eigenvalue weighted by Gasteiger charge is 2.26. The van der Waals surface area contributed by atoms with Gasteiger partial charge in [0.1, 0.15) is 0 Å². The molecule has 0 aliphatic carbocycles. The minimum absolute atomic E-state index is 0.873. The van der Waals surface area contributed by atoms with Crippen molar-refractivity contribution >= 4 is 17.1 Å². The van der Waals surface area contributed by atoms with Crippen molar-refractivity contribution in [2.45, 2.75) is 66.2 Å². The second kappa shape index (κ2) is 12.3. The number of para-hydroxylation sites is 4.